The van der Waals surface area contributed by atoms with Gasteiger partial charge in [0.05, 0.1) is 0 Å². The third-order valence-corrected chi connectivity index (χ3v) is 3.84. The Morgan fingerprint density at radius 1 is 0.773 bits per heavy atom. The summed E-state index contributed by atoms with van der Waals surface area (Å²) >= 11 is 0. The minimum atomic E-state index is 0.105. The molecule has 2 rings (SSSR count). The molecule has 2 aliphatic carbocycles. The summed E-state index contributed by atoms with van der Waals surface area (Å²) in [4.78, 5) is 23.8. The van der Waals surface area contributed by atoms with Crippen molar-refractivity contribution in [2.45, 2.75) is 40.5 Å². The Kier molecular flexibility index (Phi) is 4.92. The zero-order valence-electron chi connectivity index (χ0n) is 13.7. The van der Waals surface area contributed by atoms with Crippen LogP contribution in [0.4, 0.5) is 0 Å². The molecule has 0 fully saturated rings. The highest BCUT2D eigenvalue weighted by molar-refractivity contribution is 6.10. The fourth-order valence-electron chi connectivity index (χ4n) is 2.70. The molecule has 0 aromatic heterocycles. The van der Waals surface area contributed by atoms with E-state index in [1.165, 1.54) is 0 Å². The van der Waals surface area contributed by atoms with Gasteiger partial charge in [-0.15, -0.1) is 0 Å². The fourth-order valence-corrected chi connectivity index (χ4v) is 2.70. The molecule has 0 spiro atoms. The van der Waals surface area contributed by atoms with E-state index in [9.17, 15) is 9.59 Å². The van der Waals surface area contributed by atoms with E-state index in [4.69, 9.17) is 0 Å². The molecule has 22 heavy (non-hydrogen) atoms. The van der Waals surface area contributed by atoms with Crippen LogP contribution in [0.15, 0.2) is 69.9 Å². The molecule has 114 valence electrons. The van der Waals surface area contributed by atoms with Crippen molar-refractivity contribution in [2.75, 3.05) is 0 Å². The van der Waals surface area contributed by atoms with Crippen molar-refractivity contribution in [3.05, 3.63) is 69.9 Å². The van der Waals surface area contributed by atoms with Crippen LogP contribution in [0, 0.1) is 0 Å². The summed E-state index contributed by atoms with van der Waals surface area (Å²) in [7, 11) is 0. The molecular weight excluding hydrogens is 272 g/mol. The minimum Gasteiger partial charge on any atom is -0.289 e. The Morgan fingerprint density at radius 2 is 1.23 bits per heavy atom. The van der Waals surface area contributed by atoms with Crippen LogP contribution >= 0.6 is 0 Å². The van der Waals surface area contributed by atoms with Crippen molar-refractivity contribution < 1.29 is 9.59 Å². The third-order valence-electron chi connectivity index (χ3n) is 3.84. The van der Waals surface area contributed by atoms with E-state index < -0.39 is 0 Å². The molecule has 0 N–H and O–H groups in total. The van der Waals surface area contributed by atoms with Gasteiger partial charge in [-0.25, -0.2) is 0 Å². The first-order chi connectivity index (χ1) is 10.4. The topological polar surface area (TPSA) is 34.1 Å². The van der Waals surface area contributed by atoms with Gasteiger partial charge in [0.2, 0.25) is 0 Å². The van der Waals surface area contributed by atoms with Gasteiger partial charge in [-0.3, -0.25) is 9.59 Å². The smallest absolute Gasteiger partial charge is 0.184 e. The molecule has 0 aromatic carbocycles. The van der Waals surface area contributed by atoms with Crippen LogP contribution in [0.1, 0.15) is 40.5 Å². The number of hydrogen-bond acceptors (Lipinski definition) is 2. The lowest BCUT2D eigenvalue weighted by Crippen LogP contribution is -2.08. The quantitative estimate of drug-likeness (QED) is 0.764. The number of Topliss-reactive ketones (excluding diaryl/α,β-unsaturated/α-hetero) is 2. The third kappa shape index (κ3) is 3.51. The highest BCUT2D eigenvalue weighted by Crippen LogP contribution is 2.23. The number of carbonyl (C=O) groups is 2. The maximum absolute atomic E-state index is 12.1. The molecule has 0 bridgehead atoms. The number of hydrogen-bond donors (Lipinski definition) is 0. The number of rotatable bonds is 3. The molecule has 0 unspecified atom stereocenters. The van der Waals surface area contributed by atoms with Crippen LogP contribution in [0.5, 0.6) is 0 Å². The van der Waals surface area contributed by atoms with E-state index in [0.29, 0.717) is 0 Å². The molecular formula is C20H22O2. The summed E-state index contributed by atoms with van der Waals surface area (Å²) in [5, 5.41) is 0. The van der Waals surface area contributed by atoms with Crippen LogP contribution < -0.4 is 0 Å². The molecule has 0 aromatic rings. The fraction of sp³-hybridized carbons (Fsp3) is 0.300. The second-order valence-corrected chi connectivity index (χ2v) is 5.89. The molecule has 2 nitrogen and oxygen atoms in total. The van der Waals surface area contributed by atoms with Gasteiger partial charge < -0.3 is 0 Å². The summed E-state index contributed by atoms with van der Waals surface area (Å²) in [6.07, 6.45) is 13.5. The van der Waals surface area contributed by atoms with Gasteiger partial charge in [-0.1, -0.05) is 25.5 Å². The van der Waals surface area contributed by atoms with Crippen LogP contribution in [0.2, 0.25) is 0 Å². The van der Waals surface area contributed by atoms with Crippen molar-refractivity contribution in [1.82, 2.24) is 0 Å². The lowest BCUT2D eigenvalue weighted by molar-refractivity contribution is -0.113. The lowest BCUT2D eigenvalue weighted by atomic mass is 9.91. The summed E-state index contributed by atoms with van der Waals surface area (Å²) in [6.45, 7) is 7.61. The van der Waals surface area contributed by atoms with E-state index in [-0.39, 0.29) is 11.6 Å². The molecule has 0 atom stereocenters. The van der Waals surface area contributed by atoms with E-state index in [2.05, 4.69) is 6.92 Å². The summed E-state index contributed by atoms with van der Waals surface area (Å²) in [6, 6.07) is 0. The predicted molar refractivity (Wildman–Crippen MR) is 90.4 cm³/mol. The maximum Gasteiger partial charge on any atom is 0.184 e. The molecule has 0 radical (unpaired) electrons. The second-order valence-electron chi connectivity index (χ2n) is 5.89. The van der Waals surface area contributed by atoms with Crippen molar-refractivity contribution in [3.63, 3.8) is 0 Å². The van der Waals surface area contributed by atoms with E-state index >= 15 is 0 Å². The first kappa shape index (κ1) is 16.2. The van der Waals surface area contributed by atoms with Crippen molar-refractivity contribution in [2.24, 2.45) is 0 Å². The zero-order valence-corrected chi connectivity index (χ0v) is 13.7. The Balaban J connectivity index is 2.32. The highest BCUT2D eigenvalue weighted by Gasteiger charge is 2.16. The maximum atomic E-state index is 12.1. The minimum absolute atomic E-state index is 0.105. The average Bonchev–Trinajstić information content (AvgIpc) is 2.47. The summed E-state index contributed by atoms with van der Waals surface area (Å²) < 4.78 is 0. The van der Waals surface area contributed by atoms with Gasteiger partial charge in [0.15, 0.2) is 11.6 Å². The van der Waals surface area contributed by atoms with E-state index in [1.54, 1.807) is 0 Å². The van der Waals surface area contributed by atoms with Crippen LogP contribution in [0.25, 0.3) is 0 Å². The van der Waals surface area contributed by atoms with Gasteiger partial charge in [0.1, 0.15) is 0 Å². The molecule has 0 saturated carbocycles. The zero-order chi connectivity index (χ0) is 16.3. The van der Waals surface area contributed by atoms with Gasteiger partial charge in [-0.05, 0) is 79.4 Å². The molecule has 0 aliphatic heterocycles. The van der Waals surface area contributed by atoms with Crippen molar-refractivity contribution in [1.29, 1.82) is 0 Å². The Hall–Kier alpha value is -2.22. The summed E-state index contributed by atoms with van der Waals surface area (Å²) in [5.74, 6) is 0.260. The van der Waals surface area contributed by atoms with Crippen LogP contribution in [-0.4, -0.2) is 11.6 Å². The van der Waals surface area contributed by atoms with Gasteiger partial charge in [0, 0.05) is 5.57 Å². The Bertz CT molecular complexity index is 680. The monoisotopic (exact) mass is 294 g/mol. The molecule has 2 aliphatic rings. The predicted octanol–water partition coefficient (Wildman–Crippen LogP) is 4.57. The number of carbonyl (C=O) groups excluding carboxylic acids is 2. The molecule has 2 heteroatoms. The van der Waals surface area contributed by atoms with Crippen LogP contribution in [-0.2, 0) is 9.59 Å². The SMILES string of the molecule is CCCC1=C/C(=C/C=C2C=C(C)C(=O)C(C)=C2)C=C(C)C1=O. The Labute approximate surface area is 132 Å². The number of ketones is 2. The van der Waals surface area contributed by atoms with E-state index in [1.807, 2.05) is 57.2 Å². The van der Waals surface area contributed by atoms with E-state index in [0.717, 1.165) is 46.3 Å². The molecule has 0 saturated heterocycles. The van der Waals surface area contributed by atoms with Crippen molar-refractivity contribution >= 4 is 11.6 Å². The van der Waals surface area contributed by atoms with Gasteiger partial charge >= 0.3 is 0 Å². The van der Waals surface area contributed by atoms with Gasteiger partial charge in [-0.2, -0.15) is 0 Å². The van der Waals surface area contributed by atoms with Crippen LogP contribution in [0.3, 0.4) is 0 Å². The Morgan fingerprint density at radius 3 is 1.73 bits per heavy atom. The first-order valence-corrected chi connectivity index (χ1v) is 7.69. The number of allylic oxidation sites excluding steroid dienone is 12. The van der Waals surface area contributed by atoms with Crippen molar-refractivity contribution in [3.8, 4) is 0 Å². The largest absolute Gasteiger partial charge is 0.289 e. The second kappa shape index (κ2) is 6.69. The molecule has 0 amide bonds. The molecule has 0 heterocycles. The summed E-state index contributed by atoms with van der Waals surface area (Å²) in [5.41, 5.74) is 5.23. The highest BCUT2D eigenvalue weighted by atomic mass is 16.1. The average molecular weight is 294 g/mol. The van der Waals surface area contributed by atoms with Gasteiger partial charge in [0.25, 0.3) is 0 Å². The lowest BCUT2D eigenvalue weighted by Gasteiger charge is -2.12. The normalized spacial score (nSPS) is 20.5. The first-order valence-electron chi connectivity index (χ1n) is 7.69. The standard InChI is InChI=1S/C20H22O2/c1-5-6-18-12-17(11-15(4)20(18)22)8-7-16-9-13(2)19(21)14(3)10-16/h7-12H,5-6H2,1-4H3/b17-8+.